The lowest BCUT2D eigenvalue weighted by molar-refractivity contribution is 0.0644. The molecule has 26 heavy (non-hydrogen) atoms. The summed E-state index contributed by atoms with van der Waals surface area (Å²) in [5.74, 6) is -0.869. The number of hydrogen-bond donors (Lipinski definition) is 1. The van der Waals surface area contributed by atoms with Gasteiger partial charge >= 0.3 is 0 Å². The molecule has 1 aliphatic rings. The van der Waals surface area contributed by atoms with Gasteiger partial charge in [-0.1, -0.05) is 30.3 Å². The van der Waals surface area contributed by atoms with Crippen LogP contribution in [0.5, 0.6) is 0 Å². The van der Waals surface area contributed by atoms with Crippen LogP contribution in [0, 0.1) is 0 Å². The Balaban J connectivity index is 0.00000243. The van der Waals surface area contributed by atoms with E-state index >= 15 is 0 Å². The molecule has 0 unspecified atom stereocenters. The minimum Gasteiger partial charge on any atom is -0.326 e. The summed E-state index contributed by atoms with van der Waals surface area (Å²) >= 11 is 5.58. The number of amides is 2. The van der Waals surface area contributed by atoms with Crippen LogP contribution in [0.3, 0.4) is 0 Å². The Morgan fingerprint density at radius 1 is 1.04 bits per heavy atom. The predicted octanol–water partition coefficient (Wildman–Crippen LogP) is 2.70. The number of ketones is 1. The predicted molar refractivity (Wildman–Crippen MR) is 102 cm³/mol. The summed E-state index contributed by atoms with van der Waals surface area (Å²) in [6.07, 6.45) is 0.441. The minimum absolute atomic E-state index is 0. The molecule has 2 amide bonds. The van der Waals surface area contributed by atoms with Gasteiger partial charge < -0.3 is 5.73 Å². The van der Waals surface area contributed by atoms with Gasteiger partial charge in [0.25, 0.3) is 11.8 Å². The number of benzene rings is 2. The number of hydrogen-bond acceptors (Lipinski definition) is 4. The van der Waals surface area contributed by atoms with Crippen LogP contribution < -0.4 is 5.73 Å². The van der Waals surface area contributed by atoms with Crippen LogP contribution in [0.2, 0.25) is 0 Å². The zero-order valence-corrected chi connectivity index (χ0v) is 15.4. The van der Waals surface area contributed by atoms with Gasteiger partial charge in [0, 0.05) is 18.2 Å². The molecule has 2 N–H and O–H groups in total. The third kappa shape index (κ3) is 3.96. The van der Waals surface area contributed by atoms with Crippen molar-refractivity contribution in [3.8, 4) is 0 Å². The van der Waals surface area contributed by atoms with Crippen molar-refractivity contribution in [1.82, 2.24) is 4.90 Å². The highest BCUT2D eigenvalue weighted by Gasteiger charge is 2.35. The molecule has 2 aromatic rings. The molecule has 1 atom stereocenters. The number of Topliss-reactive ketones (excluding diaryl/α,β-unsaturated/α-hetero) is 1. The fourth-order valence-electron chi connectivity index (χ4n) is 2.96. The van der Waals surface area contributed by atoms with E-state index in [1.54, 1.807) is 42.5 Å². The second-order valence-electron chi connectivity index (χ2n) is 5.99. The van der Waals surface area contributed by atoms with E-state index in [9.17, 15) is 14.4 Å². The van der Waals surface area contributed by atoms with Crippen molar-refractivity contribution in [3.63, 3.8) is 0 Å². The van der Waals surface area contributed by atoms with E-state index in [4.69, 9.17) is 17.3 Å². The molecule has 1 aliphatic heterocycles. The van der Waals surface area contributed by atoms with Crippen LogP contribution in [-0.4, -0.2) is 41.0 Å². The van der Waals surface area contributed by atoms with Crippen LogP contribution in [-0.2, 0) is 6.42 Å². The molecule has 1 heterocycles. The molecule has 0 radical (unpaired) electrons. The maximum absolute atomic E-state index is 12.4. The maximum Gasteiger partial charge on any atom is 0.261 e. The summed E-state index contributed by atoms with van der Waals surface area (Å²) in [7, 11) is 0. The molecule has 7 heteroatoms. The van der Waals surface area contributed by atoms with Crippen molar-refractivity contribution in [3.05, 3.63) is 70.8 Å². The van der Waals surface area contributed by atoms with Crippen LogP contribution in [0.1, 0.15) is 36.6 Å². The summed E-state index contributed by atoms with van der Waals surface area (Å²) in [5.41, 5.74) is 8.36. The molecule has 0 spiro atoms. The Morgan fingerprint density at radius 2 is 1.65 bits per heavy atom. The summed E-state index contributed by atoms with van der Waals surface area (Å²) in [4.78, 5) is 37.6. The Bertz CT molecular complexity index is 819. The van der Waals surface area contributed by atoms with Crippen molar-refractivity contribution in [2.75, 3.05) is 12.4 Å². The van der Waals surface area contributed by atoms with Crippen molar-refractivity contribution < 1.29 is 14.4 Å². The second-order valence-corrected chi connectivity index (χ2v) is 6.26. The first-order valence-electron chi connectivity index (χ1n) is 7.90. The number of carbonyl (C=O) groups excluding carboxylic acids is 3. The van der Waals surface area contributed by atoms with E-state index in [-0.39, 0.29) is 42.4 Å². The average Bonchev–Trinajstić information content (AvgIpc) is 2.86. The van der Waals surface area contributed by atoms with Crippen LogP contribution in [0.15, 0.2) is 48.5 Å². The van der Waals surface area contributed by atoms with Gasteiger partial charge in [0.1, 0.15) is 0 Å². The molecule has 0 aromatic heterocycles. The van der Waals surface area contributed by atoms with Gasteiger partial charge in [-0.3, -0.25) is 19.3 Å². The van der Waals surface area contributed by atoms with Crippen molar-refractivity contribution >= 4 is 41.6 Å². The summed E-state index contributed by atoms with van der Waals surface area (Å²) in [6, 6.07) is 13.4. The molecule has 0 bridgehead atoms. The molecule has 2 aromatic carbocycles. The third-order valence-electron chi connectivity index (χ3n) is 4.16. The van der Waals surface area contributed by atoms with Gasteiger partial charge in [-0.05, 0) is 30.2 Å². The fraction of sp³-hybridized carbons (Fsp3) is 0.211. The summed E-state index contributed by atoms with van der Waals surface area (Å²) in [6.45, 7) is 0.125. The second kappa shape index (κ2) is 8.45. The highest BCUT2D eigenvalue weighted by atomic mass is 35.5. The normalized spacial score (nSPS) is 14.0. The Hall–Kier alpha value is -2.21. The highest BCUT2D eigenvalue weighted by molar-refractivity contribution is 6.30. The van der Waals surface area contributed by atoms with E-state index < -0.39 is 6.04 Å². The monoisotopic (exact) mass is 392 g/mol. The molecule has 5 nitrogen and oxygen atoms in total. The lowest BCUT2D eigenvalue weighted by atomic mass is 10.0. The Kier molecular flexibility index (Phi) is 6.53. The van der Waals surface area contributed by atoms with E-state index in [2.05, 4.69) is 0 Å². The minimum atomic E-state index is -0.427. The SMILES string of the molecule is Cl.N[C@@H](Cc1cccc(C(=O)CCl)c1)CN1C(=O)c2ccccc2C1=O. The van der Waals surface area contributed by atoms with Crippen molar-refractivity contribution in [2.24, 2.45) is 5.73 Å². The van der Waals surface area contributed by atoms with E-state index in [0.29, 0.717) is 23.1 Å². The zero-order chi connectivity index (χ0) is 18.0. The first kappa shape index (κ1) is 20.1. The number of imide groups is 1. The smallest absolute Gasteiger partial charge is 0.261 e. The van der Waals surface area contributed by atoms with Crippen LogP contribution in [0.25, 0.3) is 0 Å². The standard InChI is InChI=1S/C19H17ClN2O3.ClH/c20-10-17(23)13-5-3-4-12(8-13)9-14(21)11-22-18(24)15-6-1-2-7-16(15)19(22)25;/h1-8,14H,9-11,21H2;1H/t14-;/m0./s1. The van der Waals surface area contributed by atoms with Gasteiger partial charge in [0.05, 0.1) is 17.0 Å². The lowest BCUT2D eigenvalue weighted by Crippen LogP contribution is -2.41. The van der Waals surface area contributed by atoms with Gasteiger partial charge in [0.2, 0.25) is 0 Å². The van der Waals surface area contributed by atoms with E-state index in [1.165, 1.54) is 4.90 Å². The number of rotatable bonds is 6. The fourth-order valence-corrected chi connectivity index (χ4v) is 3.11. The quantitative estimate of drug-likeness (QED) is 0.465. The molecule has 0 aliphatic carbocycles. The number of halogens is 2. The molecular formula is C19H18Cl2N2O3. The van der Waals surface area contributed by atoms with E-state index in [1.807, 2.05) is 6.07 Å². The van der Waals surface area contributed by atoms with Crippen LogP contribution in [0.4, 0.5) is 0 Å². The number of alkyl halides is 1. The maximum atomic E-state index is 12.4. The topological polar surface area (TPSA) is 80.5 Å². The highest BCUT2D eigenvalue weighted by Crippen LogP contribution is 2.22. The molecule has 3 rings (SSSR count). The number of nitrogens with zero attached hydrogens (tertiary/aromatic N) is 1. The molecule has 0 saturated heterocycles. The Labute approximate surface area is 162 Å². The van der Waals surface area contributed by atoms with Gasteiger partial charge in [-0.15, -0.1) is 24.0 Å². The average molecular weight is 393 g/mol. The van der Waals surface area contributed by atoms with Crippen molar-refractivity contribution in [2.45, 2.75) is 12.5 Å². The molecule has 136 valence electrons. The Morgan fingerprint density at radius 3 is 2.23 bits per heavy atom. The number of carbonyl (C=O) groups is 3. The van der Waals surface area contributed by atoms with Crippen LogP contribution >= 0.6 is 24.0 Å². The van der Waals surface area contributed by atoms with Gasteiger partial charge in [-0.2, -0.15) is 0 Å². The molecular weight excluding hydrogens is 375 g/mol. The van der Waals surface area contributed by atoms with E-state index in [0.717, 1.165) is 5.56 Å². The first-order chi connectivity index (χ1) is 12.0. The molecule has 0 saturated carbocycles. The van der Waals surface area contributed by atoms with Gasteiger partial charge in [-0.25, -0.2) is 0 Å². The van der Waals surface area contributed by atoms with Gasteiger partial charge in [0.15, 0.2) is 5.78 Å². The number of fused-ring (bicyclic) bond motifs is 1. The third-order valence-corrected chi connectivity index (χ3v) is 4.41. The molecule has 0 fully saturated rings. The first-order valence-corrected chi connectivity index (χ1v) is 8.43. The zero-order valence-electron chi connectivity index (χ0n) is 13.9. The summed E-state index contributed by atoms with van der Waals surface area (Å²) in [5, 5.41) is 0. The summed E-state index contributed by atoms with van der Waals surface area (Å²) < 4.78 is 0. The lowest BCUT2D eigenvalue weighted by Gasteiger charge is -2.19. The van der Waals surface area contributed by atoms with Crippen molar-refractivity contribution in [1.29, 1.82) is 0 Å². The number of nitrogens with two attached hydrogens (primary N) is 1. The largest absolute Gasteiger partial charge is 0.326 e.